The van der Waals surface area contributed by atoms with Crippen molar-refractivity contribution in [3.8, 4) is 0 Å². The molecule has 1 fully saturated rings. The number of carbonyl (C=O) groups is 1. The van der Waals surface area contributed by atoms with Crippen molar-refractivity contribution in [3.63, 3.8) is 0 Å². The monoisotopic (exact) mass is 475 g/mol. The van der Waals surface area contributed by atoms with Crippen LogP contribution in [0.4, 0.5) is 0 Å². The van der Waals surface area contributed by atoms with Gasteiger partial charge in [-0.1, -0.05) is 29.8 Å². The number of sulfonamides is 1. The van der Waals surface area contributed by atoms with E-state index >= 15 is 0 Å². The van der Waals surface area contributed by atoms with Gasteiger partial charge in [0.15, 0.2) is 5.58 Å². The van der Waals surface area contributed by atoms with Crippen LogP contribution in [0, 0.1) is 0 Å². The van der Waals surface area contributed by atoms with Crippen molar-refractivity contribution in [2.24, 2.45) is 0 Å². The molecule has 8 nitrogen and oxygen atoms in total. The van der Waals surface area contributed by atoms with E-state index < -0.39 is 15.8 Å². The Bertz CT molecular complexity index is 1350. The summed E-state index contributed by atoms with van der Waals surface area (Å²) >= 11 is 6.10. The van der Waals surface area contributed by atoms with Crippen molar-refractivity contribution >= 4 is 44.7 Å². The van der Waals surface area contributed by atoms with Gasteiger partial charge in [0.25, 0.3) is 0 Å². The quantitative estimate of drug-likeness (QED) is 0.529. The molecule has 4 rings (SSSR count). The summed E-state index contributed by atoms with van der Waals surface area (Å²) in [5.41, 5.74) is 1.52. The minimum Gasteiger partial charge on any atom is -0.408 e. The third kappa shape index (κ3) is 4.23. The van der Waals surface area contributed by atoms with E-state index in [0.29, 0.717) is 17.1 Å². The third-order valence-electron chi connectivity index (χ3n) is 5.45. The number of piperazine rings is 1. The number of rotatable bonds is 5. The van der Waals surface area contributed by atoms with Gasteiger partial charge in [-0.3, -0.25) is 9.36 Å². The van der Waals surface area contributed by atoms with Gasteiger partial charge in [0.1, 0.15) is 0 Å². The normalized spacial score (nSPS) is 15.6. The molecular weight excluding hydrogens is 454 g/mol. The van der Waals surface area contributed by atoms with E-state index in [2.05, 4.69) is 0 Å². The van der Waals surface area contributed by atoms with Gasteiger partial charge >= 0.3 is 5.76 Å². The van der Waals surface area contributed by atoms with E-state index in [0.717, 1.165) is 5.56 Å². The first kappa shape index (κ1) is 22.3. The molecule has 0 unspecified atom stereocenters. The molecule has 0 spiro atoms. The zero-order valence-corrected chi connectivity index (χ0v) is 19.0. The van der Waals surface area contributed by atoms with Crippen LogP contribution in [0.3, 0.4) is 0 Å². The molecule has 1 amide bonds. The Morgan fingerprint density at radius 3 is 2.53 bits per heavy atom. The predicted octanol–water partition coefficient (Wildman–Crippen LogP) is 2.81. The molecule has 0 bridgehead atoms. The van der Waals surface area contributed by atoms with Crippen LogP contribution < -0.4 is 5.76 Å². The van der Waals surface area contributed by atoms with Crippen molar-refractivity contribution in [3.05, 3.63) is 69.7 Å². The first-order valence-corrected chi connectivity index (χ1v) is 12.0. The average Bonchev–Trinajstić information content (AvgIpc) is 3.12. The Morgan fingerprint density at radius 1 is 1.12 bits per heavy atom. The summed E-state index contributed by atoms with van der Waals surface area (Å²) in [4.78, 5) is 26.0. The summed E-state index contributed by atoms with van der Waals surface area (Å²) in [7, 11) is -3.79. The largest absolute Gasteiger partial charge is 0.419 e. The highest BCUT2D eigenvalue weighted by Crippen LogP contribution is 2.23. The molecular formula is C22H22ClN3O5S. The van der Waals surface area contributed by atoms with Gasteiger partial charge < -0.3 is 9.32 Å². The first-order valence-electron chi connectivity index (χ1n) is 10.2. The molecule has 1 saturated heterocycles. The second-order valence-corrected chi connectivity index (χ2v) is 9.67. The maximum atomic E-state index is 13.1. The number of hydrogen-bond donors (Lipinski definition) is 0. The minimum absolute atomic E-state index is 0.0559. The standard InChI is InChI=1S/C22H22ClN3O5S/c1-2-26-19-9-8-17(15-20(19)31-22(26)28)32(29,30)25-13-11-24(12-14-25)21(27)10-7-16-5-3-4-6-18(16)23/h3-10,15H,2,11-14H2,1H3. The summed E-state index contributed by atoms with van der Waals surface area (Å²) in [5, 5.41) is 0.551. The SMILES string of the molecule is CCn1c(=O)oc2cc(S(=O)(=O)N3CCN(C(=O)C=Cc4ccccc4Cl)CC3)ccc21. The number of benzene rings is 2. The smallest absolute Gasteiger partial charge is 0.408 e. The topological polar surface area (TPSA) is 92.8 Å². The Balaban J connectivity index is 1.45. The van der Waals surface area contributed by atoms with Gasteiger partial charge in [-0.2, -0.15) is 4.31 Å². The highest BCUT2D eigenvalue weighted by Gasteiger charge is 2.30. The number of carbonyl (C=O) groups excluding carboxylic acids is 1. The van der Waals surface area contributed by atoms with Crippen LogP contribution in [0.1, 0.15) is 12.5 Å². The van der Waals surface area contributed by atoms with Crippen LogP contribution in [-0.4, -0.2) is 54.3 Å². The molecule has 0 N–H and O–H groups in total. The highest BCUT2D eigenvalue weighted by atomic mass is 35.5. The summed E-state index contributed by atoms with van der Waals surface area (Å²) < 4.78 is 34.1. The summed E-state index contributed by atoms with van der Waals surface area (Å²) in [6.07, 6.45) is 3.10. The molecule has 1 aliphatic rings. The fourth-order valence-corrected chi connectivity index (χ4v) is 5.32. The molecule has 10 heteroatoms. The average molecular weight is 476 g/mol. The predicted molar refractivity (Wildman–Crippen MR) is 122 cm³/mol. The van der Waals surface area contributed by atoms with E-state index in [-0.39, 0.29) is 42.6 Å². The zero-order chi connectivity index (χ0) is 22.9. The number of hydrogen-bond acceptors (Lipinski definition) is 5. The lowest BCUT2D eigenvalue weighted by atomic mass is 10.2. The van der Waals surface area contributed by atoms with Gasteiger partial charge in [0, 0.05) is 49.9 Å². The number of halogens is 1. The number of fused-ring (bicyclic) bond motifs is 1. The van der Waals surface area contributed by atoms with Crippen LogP contribution in [-0.2, 0) is 21.4 Å². The van der Waals surface area contributed by atoms with Gasteiger partial charge in [0.05, 0.1) is 10.4 Å². The van der Waals surface area contributed by atoms with Gasteiger partial charge in [-0.15, -0.1) is 0 Å². The number of amides is 1. The molecule has 32 heavy (non-hydrogen) atoms. The maximum absolute atomic E-state index is 13.1. The van der Waals surface area contributed by atoms with E-state index in [1.54, 1.807) is 23.1 Å². The van der Waals surface area contributed by atoms with E-state index in [9.17, 15) is 18.0 Å². The van der Waals surface area contributed by atoms with Crippen molar-refractivity contribution in [2.75, 3.05) is 26.2 Å². The Morgan fingerprint density at radius 2 is 1.84 bits per heavy atom. The second kappa shape index (κ2) is 8.93. The minimum atomic E-state index is -3.79. The molecule has 1 aliphatic heterocycles. The van der Waals surface area contributed by atoms with Crippen LogP contribution >= 0.6 is 11.6 Å². The van der Waals surface area contributed by atoms with Crippen LogP contribution in [0.25, 0.3) is 17.2 Å². The van der Waals surface area contributed by atoms with Crippen molar-refractivity contribution < 1.29 is 17.6 Å². The zero-order valence-electron chi connectivity index (χ0n) is 17.4. The number of aryl methyl sites for hydroxylation is 1. The lowest BCUT2D eigenvalue weighted by Crippen LogP contribution is -2.50. The lowest BCUT2D eigenvalue weighted by Gasteiger charge is -2.33. The fourth-order valence-electron chi connectivity index (χ4n) is 3.68. The molecule has 0 radical (unpaired) electrons. The van der Waals surface area contributed by atoms with Crippen LogP contribution in [0.15, 0.2) is 62.6 Å². The number of aromatic nitrogens is 1. The Labute approximate surface area is 190 Å². The Hall–Kier alpha value is -2.88. The molecule has 1 aromatic heterocycles. The van der Waals surface area contributed by atoms with Gasteiger partial charge in [0.2, 0.25) is 15.9 Å². The molecule has 3 aromatic rings. The van der Waals surface area contributed by atoms with Crippen LogP contribution in [0.2, 0.25) is 5.02 Å². The van der Waals surface area contributed by atoms with E-state index in [1.807, 2.05) is 25.1 Å². The van der Waals surface area contributed by atoms with E-state index in [4.69, 9.17) is 16.0 Å². The van der Waals surface area contributed by atoms with Gasteiger partial charge in [-0.05, 0) is 36.8 Å². The Kier molecular flexibility index (Phi) is 6.23. The molecule has 0 aliphatic carbocycles. The third-order valence-corrected chi connectivity index (χ3v) is 7.69. The maximum Gasteiger partial charge on any atom is 0.419 e. The number of nitrogens with zero attached hydrogens (tertiary/aromatic N) is 3. The fraction of sp³-hybridized carbons (Fsp3) is 0.273. The molecule has 0 atom stereocenters. The molecule has 168 valence electrons. The molecule has 2 heterocycles. The molecule has 0 saturated carbocycles. The van der Waals surface area contributed by atoms with Crippen molar-refractivity contribution in [1.29, 1.82) is 0 Å². The van der Waals surface area contributed by atoms with Crippen molar-refractivity contribution in [1.82, 2.24) is 13.8 Å². The second-order valence-electron chi connectivity index (χ2n) is 7.33. The summed E-state index contributed by atoms with van der Waals surface area (Å²) in [6.45, 7) is 3.13. The number of oxazole rings is 1. The lowest BCUT2D eigenvalue weighted by molar-refractivity contribution is -0.127. The highest BCUT2D eigenvalue weighted by molar-refractivity contribution is 7.89. The molecule has 2 aromatic carbocycles. The van der Waals surface area contributed by atoms with Gasteiger partial charge in [-0.25, -0.2) is 13.2 Å². The summed E-state index contributed by atoms with van der Waals surface area (Å²) in [5.74, 6) is -0.722. The van der Waals surface area contributed by atoms with Crippen LogP contribution in [0.5, 0.6) is 0 Å². The summed E-state index contributed by atoms with van der Waals surface area (Å²) in [6, 6.07) is 11.6. The first-order chi connectivity index (χ1) is 15.3. The van der Waals surface area contributed by atoms with E-state index in [1.165, 1.54) is 27.1 Å². The van der Waals surface area contributed by atoms with Crippen molar-refractivity contribution in [2.45, 2.75) is 18.4 Å².